The fraction of sp³-hybridized carbons (Fsp3) is 0.146. The number of hydrogen-bond donors (Lipinski definition) is 0. The molecule has 2 aromatic heterocycles. The summed E-state index contributed by atoms with van der Waals surface area (Å²) in [5.74, 6) is 0.515. The summed E-state index contributed by atoms with van der Waals surface area (Å²) in [7, 11) is 3.13. The molecule has 0 amide bonds. The molecule has 4 aromatic carbocycles. The number of nitrogens with zero attached hydrogens (tertiary/aromatic N) is 3. The van der Waals surface area contributed by atoms with Crippen LogP contribution in [0.2, 0.25) is 0 Å². The Labute approximate surface area is 293 Å². The molecule has 50 heavy (non-hydrogen) atoms. The third-order valence-corrected chi connectivity index (χ3v) is 9.68. The van der Waals surface area contributed by atoms with Gasteiger partial charge in [-0.05, 0) is 67.4 Å². The van der Waals surface area contributed by atoms with Crippen LogP contribution in [-0.4, -0.2) is 35.9 Å². The van der Waals surface area contributed by atoms with E-state index in [0.29, 0.717) is 32.1 Å². The zero-order valence-corrected chi connectivity index (χ0v) is 28.9. The van der Waals surface area contributed by atoms with Crippen LogP contribution in [0.15, 0.2) is 136 Å². The van der Waals surface area contributed by atoms with Gasteiger partial charge in [-0.1, -0.05) is 90.2 Å². The number of para-hydroxylation sites is 1. The normalized spacial score (nSPS) is 14.2. The number of carbonyl (C=O) groups excluding carboxylic acids is 1. The fourth-order valence-corrected chi connectivity index (χ4v) is 7.52. The zero-order valence-electron chi connectivity index (χ0n) is 28.1. The predicted octanol–water partition coefficient (Wildman–Crippen LogP) is 6.94. The second-order valence-electron chi connectivity index (χ2n) is 11.6. The van der Waals surface area contributed by atoms with Crippen LogP contribution >= 0.6 is 11.3 Å². The van der Waals surface area contributed by atoms with E-state index in [2.05, 4.69) is 47.0 Å². The number of fused-ring (bicyclic) bond motifs is 1. The Morgan fingerprint density at radius 1 is 0.860 bits per heavy atom. The van der Waals surface area contributed by atoms with E-state index in [1.54, 1.807) is 50.8 Å². The molecule has 7 rings (SSSR count). The summed E-state index contributed by atoms with van der Waals surface area (Å²) in [6.07, 6.45) is 1.93. The Morgan fingerprint density at radius 3 is 2.16 bits per heavy atom. The minimum Gasteiger partial charge on any atom is -0.497 e. The third kappa shape index (κ3) is 5.86. The van der Waals surface area contributed by atoms with Gasteiger partial charge in [0, 0.05) is 16.8 Å². The number of methoxy groups -OCH3 is 2. The van der Waals surface area contributed by atoms with E-state index in [0.717, 1.165) is 33.8 Å². The summed E-state index contributed by atoms with van der Waals surface area (Å²) in [6.45, 7) is 3.69. The standard InChI is InChI=1S/C41H35N3O5S/c1-5-49-40(46)36-26(2)42-41-44(38(36)32-25-31(47-3)21-22-34(32)48-4)39(45)35(50-41)24-29-23-33(27-15-9-6-10-16-27)43(30-19-13-8-14-20-30)37(29)28-17-11-7-12-18-28/h6-25,38H,5H2,1-4H3/b35-24-/t38-/m0/s1. The molecule has 0 unspecified atom stereocenters. The minimum absolute atomic E-state index is 0.173. The maximum Gasteiger partial charge on any atom is 0.338 e. The SMILES string of the molecule is CCOC(=O)C1=C(C)N=c2s/c(=C\c3cc(-c4ccccc4)n(-c4ccccc4)c3-c3ccccc3)c(=O)n2[C@H]1c1cc(OC)ccc1OC. The Bertz CT molecular complexity index is 2410. The van der Waals surface area contributed by atoms with Gasteiger partial charge in [0.1, 0.15) is 17.5 Å². The number of benzene rings is 4. The van der Waals surface area contributed by atoms with Crippen molar-refractivity contribution in [3.63, 3.8) is 0 Å². The number of ether oxygens (including phenoxy) is 3. The second kappa shape index (κ2) is 13.9. The first-order valence-corrected chi connectivity index (χ1v) is 17.1. The Morgan fingerprint density at radius 2 is 1.52 bits per heavy atom. The van der Waals surface area contributed by atoms with Crippen LogP contribution in [0.4, 0.5) is 0 Å². The smallest absolute Gasteiger partial charge is 0.338 e. The van der Waals surface area contributed by atoms with E-state index >= 15 is 0 Å². The second-order valence-corrected chi connectivity index (χ2v) is 12.7. The fourth-order valence-electron chi connectivity index (χ4n) is 6.48. The Balaban J connectivity index is 1.52. The Hall–Kier alpha value is -5.93. The van der Waals surface area contributed by atoms with E-state index in [1.165, 1.54) is 11.3 Å². The average Bonchev–Trinajstić information content (AvgIpc) is 3.68. The molecule has 8 nitrogen and oxygen atoms in total. The van der Waals surface area contributed by atoms with Gasteiger partial charge in [-0.15, -0.1) is 0 Å². The van der Waals surface area contributed by atoms with Gasteiger partial charge in [-0.3, -0.25) is 9.36 Å². The van der Waals surface area contributed by atoms with E-state index in [4.69, 9.17) is 19.2 Å². The van der Waals surface area contributed by atoms with Gasteiger partial charge in [0.2, 0.25) is 0 Å². The molecule has 0 saturated heterocycles. The largest absolute Gasteiger partial charge is 0.497 e. The lowest BCUT2D eigenvalue weighted by Crippen LogP contribution is -2.40. The van der Waals surface area contributed by atoms with Gasteiger partial charge in [0.15, 0.2) is 4.80 Å². The number of hydrogen-bond acceptors (Lipinski definition) is 7. The number of aromatic nitrogens is 2. The van der Waals surface area contributed by atoms with E-state index in [1.807, 2.05) is 60.7 Å². The molecular formula is C41H35N3O5S. The summed E-state index contributed by atoms with van der Waals surface area (Å²) >= 11 is 1.28. The van der Waals surface area contributed by atoms with Gasteiger partial charge in [0.05, 0.1) is 48.0 Å². The van der Waals surface area contributed by atoms with Crippen molar-refractivity contribution in [3.05, 3.63) is 157 Å². The maximum atomic E-state index is 14.7. The third-order valence-electron chi connectivity index (χ3n) is 8.70. The highest BCUT2D eigenvalue weighted by Crippen LogP contribution is 2.39. The van der Waals surface area contributed by atoms with Crippen LogP contribution in [0.1, 0.15) is 31.0 Å². The van der Waals surface area contributed by atoms with Crippen LogP contribution in [0.3, 0.4) is 0 Å². The van der Waals surface area contributed by atoms with Crippen molar-refractivity contribution < 1.29 is 19.0 Å². The minimum atomic E-state index is -0.861. The molecule has 0 spiro atoms. The van der Waals surface area contributed by atoms with E-state index < -0.39 is 12.0 Å². The number of rotatable bonds is 9. The lowest BCUT2D eigenvalue weighted by atomic mass is 9.94. The number of allylic oxidation sites excluding steroid dienone is 1. The van der Waals surface area contributed by atoms with Gasteiger partial charge in [-0.25, -0.2) is 9.79 Å². The van der Waals surface area contributed by atoms with Crippen molar-refractivity contribution in [2.24, 2.45) is 4.99 Å². The van der Waals surface area contributed by atoms with Crippen LogP contribution in [-0.2, 0) is 9.53 Å². The van der Waals surface area contributed by atoms with E-state index in [-0.39, 0.29) is 17.7 Å². The summed E-state index contributed by atoms with van der Waals surface area (Å²) in [4.78, 5) is 33.5. The molecule has 0 saturated carbocycles. The molecule has 1 aliphatic rings. The molecule has 3 heterocycles. The molecular weight excluding hydrogens is 647 g/mol. The molecule has 0 radical (unpaired) electrons. The highest BCUT2D eigenvalue weighted by atomic mass is 32.1. The molecule has 250 valence electrons. The molecule has 0 N–H and O–H groups in total. The summed E-state index contributed by atoms with van der Waals surface area (Å²) in [5.41, 5.74) is 6.85. The molecule has 6 aromatic rings. The van der Waals surface area contributed by atoms with Crippen molar-refractivity contribution in [2.45, 2.75) is 19.9 Å². The monoisotopic (exact) mass is 681 g/mol. The van der Waals surface area contributed by atoms with Crippen LogP contribution in [0, 0.1) is 0 Å². The maximum absolute atomic E-state index is 14.7. The highest BCUT2D eigenvalue weighted by molar-refractivity contribution is 7.07. The van der Waals surface area contributed by atoms with Gasteiger partial charge in [0.25, 0.3) is 5.56 Å². The first-order chi connectivity index (χ1) is 24.4. The van der Waals surface area contributed by atoms with Crippen molar-refractivity contribution in [2.75, 3.05) is 20.8 Å². The summed E-state index contributed by atoms with van der Waals surface area (Å²) in [5, 5.41) is 0. The van der Waals surface area contributed by atoms with Gasteiger partial charge >= 0.3 is 5.97 Å². The average molecular weight is 682 g/mol. The molecule has 0 bridgehead atoms. The number of esters is 1. The number of thiazole rings is 1. The van der Waals surface area contributed by atoms with Gasteiger partial charge < -0.3 is 18.8 Å². The summed E-state index contributed by atoms with van der Waals surface area (Å²) in [6, 6.07) is 37.2. The molecule has 9 heteroatoms. The zero-order chi connectivity index (χ0) is 34.8. The van der Waals surface area contributed by atoms with Crippen molar-refractivity contribution >= 4 is 23.4 Å². The molecule has 1 aliphatic heterocycles. The van der Waals surface area contributed by atoms with Crippen LogP contribution in [0.5, 0.6) is 11.5 Å². The van der Waals surface area contributed by atoms with Crippen molar-refractivity contribution in [3.8, 4) is 39.7 Å². The first-order valence-electron chi connectivity index (χ1n) is 16.3. The molecule has 0 fully saturated rings. The van der Waals surface area contributed by atoms with Crippen molar-refractivity contribution in [1.82, 2.24) is 9.13 Å². The number of carbonyl (C=O) groups is 1. The quantitative estimate of drug-likeness (QED) is 0.155. The lowest BCUT2D eigenvalue weighted by Gasteiger charge is -2.26. The van der Waals surface area contributed by atoms with Gasteiger partial charge in [-0.2, -0.15) is 0 Å². The van der Waals surface area contributed by atoms with Crippen LogP contribution < -0.4 is 24.4 Å². The predicted molar refractivity (Wildman–Crippen MR) is 197 cm³/mol. The van der Waals surface area contributed by atoms with Crippen LogP contribution in [0.25, 0.3) is 34.3 Å². The topological polar surface area (TPSA) is 84.1 Å². The van der Waals surface area contributed by atoms with E-state index in [9.17, 15) is 9.59 Å². The lowest BCUT2D eigenvalue weighted by molar-refractivity contribution is -0.139. The summed E-state index contributed by atoms with van der Waals surface area (Å²) < 4.78 is 21.1. The van der Waals surface area contributed by atoms with Crippen molar-refractivity contribution in [1.29, 1.82) is 0 Å². The molecule has 0 aliphatic carbocycles. The first kappa shape index (κ1) is 32.6. The highest BCUT2D eigenvalue weighted by Gasteiger charge is 2.35. The molecule has 1 atom stereocenters. The Kier molecular flexibility index (Phi) is 9.06.